The molecule has 0 radical (unpaired) electrons. The van der Waals surface area contributed by atoms with E-state index in [-0.39, 0.29) is 6.42 Å². The molecule has 0 saturated heterocycles. The number of ether oxygens (including phenoxy) is 1. The van der Waals surface area contributed by atoms with Crippen LogP contribution in [0, 0.1) is 0 Å². The lowest BCUT2D eigenvalue weighted by Crippen LogP contribution is -2.07. The number of carbonyl (C=O) groups is 2. The fraction of sp³-hybridized carbons (Fsp3) is 0.103. The van der Waals surface area contributed by atoms with E-state index in [0.717, 1.165) is 11.3 Å². The number of hydrogen-bond donors (Lipinski definition) is 3. The number of halogens is 2. The normalized spacial score (nSPS) is 11.0. The third kappa shape index (κ3) is 8.27. The molecule has 4 rings (SSSR count). The van der Waals surface area contributed by atoms with Crippen LogP contribution in [-0.4, -0.2) is 22.2 Å². The van der Waals surface area contributed by atoms with E-state index in [0.29, 0.717) is 32.7 Å². The van der Waals surface area contributed by atoms with E-state index in [1.54, 1.807) is 61.5 Å². The Morgan fingerprint density at radius 1 is 0.811 bits per heavy atom. The van der Waals surface area contributed by atoms with E-state index >= 15 is 0 Å². The summed E-state index contributed by atoms with van der Waals surface area (Å²) in [4.78, 5) is 21.8. The Morgan fingerprint density at radius 2 is 1.41 bits per heavy atom. The van der Waals surface area contributed by atoms with Crippen LogP contribution in [0.15, 0.2) is 97.1 Å². The molecule has 0 bridgehead atoms. The quantitative estimate of drug-likeness (QED) is 0.210. The molecule has 0 aliphatic carbocycles. The van der Waals surface area contributed by atoms with Gasteiger partial charge in [0.25, 0.3) is 0 Å². The van der Waals surface area contributed by atoms with Crippen LogP contribution in [0.25, 0.3) is 0 Å². The first-order valence-corrected chi connectivity index (χ1v) is 12.1. The van der Waals surface area contributed by atoms with Crippen LogP contribution >= 0.6 is 23.2 Å². The average Bonchev–Trinajstić information content (AvgIpc) is 2.87. The summed E-state index contributed by atoms with van der Waals surface area (Å²) < 4.78 is 5.66. The van der Waals surface area contributed by atoms with Crippen LogP contribution < -0.4 is 10.1 Å². The molecule has 0 aromatic heterocycles. The second kappa shape index (κ2) is 13.3. The fourth-order valence-electron chi connectivity index (χ4n) is 3.33. The van der Waals surface area contributed by atoms with Gasteiger partial charge in [0.1, 0.15) is 11.5 Å². The first-order valence-electron chi connectivity index (χ1n) is 11.3. The molecule has 4 aromatic carbocycles. The van der Waals surface area contributed by atoms with E-state index in [9.17, 15) is 9.59 Å². The minimum Gasteiger partial charge on any atom is -0.481 e. The van der Waals surface area contributed by atoms with Crippen LogP contribution in [0.5, 0.6) is 11.5 Å². The molecular formula is C29H25Cl2NO5. The monoisotopic (exact) mass is 537 g/mol. The molecule has 8 heteroatoms. The highest BCUT2D eigenvalue weighted by Gasteiger charge is 2.14. The van der Waals surface area contributed by atoms with Crippen LogP contribution in [0.1, 0.15) is 24.0 Å². The van der Waals surface area contributed by atoms with Crippen molar-refractivity contribution in [2.24, 2.45) is 0 Å². The van der Waals surface area contributed by atoms with Crippen LogP contribution in [0.2, 0.25) is 10.0 Å². The lowest BCUT2D eigenvalue weighted by atomic mass is 10.0. The maximum Gasteiger partial charge on any atom is 0.310 e. The lowest BCUT2D eigenvalue weighted by molar-refractivity contribution is -0.138. The van der Waals surface area contributed by atoms with Crippen LogP contribution in [0.4, 0.5) is 11.4 Å². The molecule has 0 saturated carbocycles. The van der Waals surface area contributed by atoms with Gasteiger partial charge in [0.2, 0.25) is 0 Å². The molecule has 37 heavy (non-hydrogen) atoms. The average molecular weight is 538 g/mol. The third-order valence-electron chi connectivity index (χ3n) is 5.29. The van der Waals surface area contributed by atoms with Gasteiger partial charge in [-0.3, -0.25) is 9.59 Å². The SMILES string of the molecule is CC(C(=O)O)c1cccc(Oc2ccccc2)c1.O=C(O)Cc1ccccc1Nc1c(Cl)cccc1Cl. The van der Waals surface area contributed by atoms with Gasteiger partial charge >= 0.3 is 11.9 Å². The molecule has 3 N–H and O–H groups in total. The number of carboxylic acids is 2. The summed E-state index contributed by atoms with van der Waals surface area (Å²) in [6.45, 7) is 1.66. The maximum absolute atomic E-state index is 10.9. The highest BCUT2D eigenvalue weighted by molar-refractivity contribution is 6.39. The predicted molar refractivity (Wildman–Crippen MR) is 147 cm³/mol. The first-order chi connectivity index (χ1) is 17.7. The topological polar surface area (TPSA) is 95.9 Å². The fourth-order valence-corrected chi connectivity index (χ4v) is 3.82. The summed E-state index contributed by atoms with van der Waals surface area (Å²) in [5.74, 6) is -0.889. The van der Waals surface area contributed by atoms with Crippen molar-refractivity contribution in [2.75, 3.05) is 5.32 Å². The number of hydrogen-bond acceptors (Lipinski definition) is 4. The number of nitrogens with one attached hydrogen (secondary N) is 1. The highest BCUT2D eigenvalue weighted by atomic mass is 35.5. The van der Waals surface area contributed by atoms with Crippen molar-refractivity contribution in [3.8, 4) is 11.5 Å². The summed E-state index contributed by atoms with van der Waals surface area (Å²) in [6, 6.07) is 28.9. The van der Waals surface area contributed by atoms with E-state index in [1.165, 1.54) is 0 Å². The third-order valence-corrected chi connectivity index (χ3v) is 5.92. The molecule has 4 aromatic rings. The first kappa shape index (κ1) is 27.6. The van der Waals surface area contributed by atoms with Gasteiger partial charge in [0.15, 0.2) is 0 Å². The molecule has 1 unspecified atom stereocenters. The molecule has 6 nitrogen and oxygen atoms in total. The van der Waals surface area contributed by atoms with Gasteiger partial charge < -0.3 is 20.3 Å². The molecule has 0 aliphatic rings. The Bertz CT molecular complexity index is 1340. The van der Waals surface area contributed by atoms with Gasteiger partial charge in [0.05, 0.1) is 28.1 Å². The zero-order valence-electron chi connectivity index (χ0n) is 19.9. The van der Waals surface area contributed by atoms with Crippen molar-refractivity contribution in [2.45, 2.75) is 19.3 Å². The summed E-state index contributed by atoms with van der Waals surface area (Å²) in [7, 11) is 0. The minimum absolute atomic E-state index is 0.0642. The van der Waals surface area contributed by atoms with Crippen molar-refractivity contribution in [1.29, 1.82) is 0 Å². The molecule has 0 fully saturated rings. The number of aliphatic carboxylic acids is 2. The lowest BCUT2D eigenvalue weighted by Gasteiger charge is -2.13. The number of anilines is 2. The van der Waals surface area contributed by atoms with Crippen molar-refractivity contribution >= 4 is 46.5 Å². The number of carboxylic acid groups (broad SMARTS) is 2. The summed E-state index contributed by atoms with van der Waals surface area (Å²) >= 11 is 12.1. The molecule has 190 valence electrons. The number of benzene rings is 4. The summed E-state index contributed by atoms with van der Waals surface area (Å²) in [5, 5.41) is 21.9. The van der Waals surface area contributed by atoms with Crippen molar-refractivity contribution in [1.82, 2.24) is 0 Å². The molecule has 1 atom stereocenters. The van der Waals surface area contributed by atoms with Gasteiger partial charge in [0, 0.05) is 5.69 Å². The largest absolute Gasteiger partial charge is 0.481 e. The molecule has 0 aliphatic heterocycles. The minimum atomic E-state index is -0.889. The molecular weight excluding hydrogens is 513 g/mol. The van der Waals surface area contributed by atoms with Crippen molar-refractivity contribution in [3.05, 3.63) is 118 Å². The standard InChI is InChI=1S/C15H14O3.C14H11Cl2NO2/c1-11(15(16)17)12-6-5-9-14(10-12)18-13-7-3-2-4-8-13;15-10-5-3-6-11(16)14(10)17-12-7-2-1-4-9(12)8-13(18)19/h2-11H,1H3,(H,16,17);1-7,17H,8H2,(H,18,19). The summed E-state index contributed by atoms with van der Waals surface area (Å²) in [6.07, 6.45) is -0.0642. The summed E-state index contributed by atoms with van der Waals surface area (Å²) in [5.41, 5.74) is 2.66. The molecule has 0 spiro atoms. The van der Waals surface area contributed by atoms with Gasteiger partial charge in [-0.1, -0.05) is 77.8 Å². The van der Waals surface area contributed by atoms with Crippen LogP contribution in [0.3, 0.4) is 0 Å². The van der Waals surface area contributed by atoms with E-state index in [2.05, 4.69) is 5.32 Å². The Balaban J connectivity index is 0.000000206. The van der Waals surface area contributed by atoms with E-state index in [4.69, 9.17) is 38.2 Å². The number of rotatable bonds is 8. The van der Waals surface area contributed by atoms with Gasteiger partial charge in [-0.25, -0.2) is 0 Å². The van der Waals surface area contributed by atoms with Gasteiger partial charge in [-0.2, -0.15) is 0 Å². The number of para-hydroxylation sites is 3. The highest BCUT2D eigenvalue weighted by Crippen LogP contribution is 2.33. The Hall–Kier alpha value is -4.00. The maximum atomic E-state index is 10.9. The second-order valence-electron chi connectivity index (χ2n) is 8.00. The second-order valence-corrected chi connectivity index (χ2v) is 8.81. The van der Waals surface area contributed by atoms with Gasteiger partial charge in [-0.05, 0) is 60.5 Å². The van der Waals surface area contributed by atoms with Crippen LogP contribution in [-0.2, 0) is 16.0 Å². The zero-order chi connectivity index (χ0) is 26.8. The van der Waals surface area contributed by atoms with Crippen molar-refractivity contribution in [3.63, 3.8) is 0 Å². The predicted octanol–water partition coefficient (Wildman–Crippen LogP) is 8.03. The Morgan fingerprint density at radius 3 is 2.05 bits per heavy atom. The Kier molecular flexibility index (Phi) is 9.95. The van der Waals surface area contributed by atoms with Crippen molar-refractivity contribution < 1.29 is 24.5 Å². The molecule has 0 amide bonds. The Labute approximate surface area is 225 Å². The van der Waals surface area contributed by atoms with E-state index in [1.807, 2.05) is 42.5 Å². The smallest absolute Gasteiger partial charge is 0.310 e. The molecule has 0 heterocycles. The van der Waals surface area contributed by atoms with Gasteiger partial charge in [-0.15, -0.1) is 0 Å². The zero-order valence-corrected chi connectivity index (χ0v) is 21.4. The van der Waals surface area contributed by atoms with E-state index < -0.39 is 17.9 Å².